The maximum absolute atomic E-state index is 13.1. The molecule has 1 aliphatic rings. The first kappa shape index (κ1) is 19.3. The fourth-order valence-corrected chi connectivity index (χ4v) is 3.35. The number of benzene rings is 1. The van der Waals surface area contributed by atoms with Crippen molar-refractivity contribution in [3.8, 4) is 11.3 Å². The number of carbonyl (C=O) groups excluding carboxylic acids is 2. The molecule has 30 heavy (non-hydrogen) atoms. The fraction of sp³-hybridized carbons (Fsp3) is 0.190. The van der Waals surface area contributed by atoms with Crippen LogP contribution in [0.2, 0.25) is 0 Å². The van der Waals surface area contributed by atoms with E-state index in [9.17, 15) is 19.7 Å². The number of ether oxygens (including phenoxy) is 1. The quantitative estimate of drug-likeness (QED) is 0.368. The number of nitrogens with zero attached hydrogens (tertiary/aromatic N) is 3. The average molecular weight is 407 g/mol. The average Bonchev–Trinajstić information content (AvgIpc) is 3.12. The maximum atomic E-state index is 13.1. The Hall–Kier alpha value is -4.01. The molecular weight excluding hydrogens is 390 g/mol. The number of furan rings is 1. The lowest BCUT2D eigenvalue weighted by Gasteiger charge is -2.21. The predicted molar refractivity (Wildman–Crippen MR) is 106 cm³/mol. The fourth-order valence-electron chi connectivity index (χ4n) is 3.35. The summed E-state index contributed by atoms with van der Waals surface area (Å²) >= 11 is 0. The van der Waals surface area contributed by atoms with Crippen molar-refractivity contribution in [2.75, 3.05) is 18.1 Å². The van der Waals surface area contributed by atoms with Gasteiger partial charge in [0.1, 0.15) is 11.6 Å². The highest BCUT2D eigenvalue weighted by atomic mass is 16.6. The highest BCUT2D eigenvalue weighted by molar-refractivity contribution is 6.07. The van der Waals surface area contributed by atoms with E-state index in [1.807, 2.05) is 0 Å². The Balaban J connectivity index is 1.71. The number of fused-ring (bicyclic) bond motifs is 3. The van der Waals surface area contributed by atoms with Crippen molar-refractivity contribution in [1.29, 1.82) is 0 Å². The largest absolute Gasteiger partial charge is 0.460 e. The standard InChI is InChI=1S/C21H17N3O6/c1-2-29-21(26)17-12-14-9-11-23(19-16(18(14)30-17)4-3-10-22-19)20(25)13-5-7-15(8-6-13)24(27)28/h3-8,10,12H,2,9,11H2,1H3. The van der Waals surface area contributed by atoms with Gasteiger partial charge in [0.2, 0.25) is 5.76 Å². The lowest BCUT2D eigenvalue weighted by molar-refractivity contribution is -0.384. The first-order valence-electron chi connectivity index (χ1n) is 9.31. The molecule has 0 radical (unpaired) electrons. The third kappa shape index (κ3) is 3.41. The molecule has 0 N–H and O–H groups in total. The number of nitro groups is 1. The molecule has 9 heteroatoms. The number of pyridine rings is 1. The van der Waals surface area contributed by atoms with Gasteiger partial charge in [0, 0.05) is 36.0 Å². The van der Waals surface area contributed by atoms with Gasteiger partial charge in [-0.15, -0.1) is 0 Å². The summed E-state index contributed by atoms with van der Waals surface area (Å²) in [6, 6.07) is 10.5. The molecule has 1 amide bonds. The second-order valence-corrected chi connectivity index (χ2v) is 6.57. The van der Waals surface area contributed by atoms with Gasteiger partial charge in [-0.3, -0.25) is 19.8 Å². The molecule has 9 nitrogen and oxygen atoms in total. The zero-order valence-corrected chi connectivity index (χ0v) is 16.0. The van der Waals surface area contributed by atoms with Crippen LogP contribution < -0.4 is 4.90 Å². The summed E-state index contributed by atoms with van der Waals surface area (Å²) in [6.45, 7) is 2.25. The molecule has 0 spiro atoms. The number of hydrogen-bond acceptors (Lipinski definition) is 7. The van der Waals surface area contributed by atoms with Gasteiger partial charge in [0.25, 0.3) is 11.6 Å². The summed E-state index contributed by atoms with van der Waals surface area (Å²) in [5, 5.41) is 10.9. The number of nitro benzene ring substituents is 1. The van der Waals surface area contributed by atoms with E-state index in [1.165, 1.54) is 29.2 Å². The van der Waals surface area contributed by atoms with Crippen molar-refractivity contribution in [3.63, 3.8) is 0 Å². The molecular formula is C21H17N3O6. The van der Waals surface area contributed by atoms with Gasteiger partial charge in [-0.25, -0.2) is 9.78 Å². The minimum atomic E-state index is -0.546. The molecule has 1 aliphatic heterocycles. The number of carbonyl (C=O) groups is 2. The summed E-state index contributed by atoms with van der Waals surface area (Å²) in [5.41, 5.74) is 1.57. The predicted octanol–water partition coefficient (Wildman–Crippen LogP) is 3.63. The van der Waals surface area contributed by atoms with E-state index in [0.717, 1.165) is 5.56 Å². The third-order valence-electron chi connectivity index (χ3n) is 4.75. The normalized spacial score (nSPS) is 12.5. The molecule has 152 valence electrons. The lowest BCUT2D eigenvalue weighted by atomic mass is 10.1. The molecule has 0 bridgehead atoms. The number of esters is 1. The van der Waals surface area contributed by atoms with E-state index >= 15 is 0 Å². The monoisotopic (exact) mass is 407 g/mol. The van der Waals surface area contributed by atoms with Gasteiger partial charge in [0.05, 0.1) is 17.1 Å². The van der Waals surface area contributed by atoms with Crippen molar-refractivity contribution in [2.24, 2.45) is 0 Å². The van der Waals surface area contributed by atoms with Crippen LogP contribution in [0.25, 0.3) is 11.3 Å². The molecule has 4 rings (SSSR count). The summed E-state index contributed by atoms with van der Waals surface area (Å²) in [7, 11) is 0. The maximum Gasteiger partial charge on any atom is 0.374 e. The van der Waals surface area contributed by atoms with Crippen LogP contribution in [0.5, 0.6) is 0 Å². The second-order valence-electron chi connectivity index (χ2n) is 6.57. The minimum absolute atomic E-state index is 0.0911. The molecule has 1 aromatic carbocycles. The van der Waals surface area contributed by atoms with Crippen LogP contribution in [0, 0.1) is 10.1 Å². The molecule has 2 aromatic heterocycles. The van der Waals surface area contributed by atoms with Gasteiger partial charge in [-0.1, -0.05) is 0 Å². The highest BCUT2D eigenvalue weighted by Crippen LogP contribution is 2.37. The smallest absolute Gasteiger partial charge is 0.374 e. The van der Waals surface area contributed by atoms with E-state index in [-0.39, 0.29) is 24.0 Å². The van der Waals surface area contributed by atoms with Gasteiger partial charge < -0.3 is 9.15 Å². The van der Waals surface area contributed by atoms with Gasteiger partial charge in [0.15, 0.2) is 0 Å². The highest BCUT2D eigenvalue weighted by Gasteiger charge is 2.30. The van der Waals surface area contributed by atoms with Crippen LogP contribution in [0.4, 0.5) is 11.5 Å². The van der Waals surface area contributed by atoms with Crippen LogP contribution in [0.1, 0.15) is 33.4 Å². The Morgan fingerprint density at radius 1 is 1.27 bits per heavy atom. The van der Waals surface area contributed by atoms with Gasteiger partial charge in [-0.2, -0.15) is 0 Å². The molecule has 0 unspecified atom stereocenters. The number of aromatic nitrogens is 1. The van der Waals surface area contributed by atoms with E-state index in [4.69, 9.17) is 9.15 Å². The van der Waals surface area contributed by atoms with Crippen molar-refractivity contribution in [2.45, 2.75) is 13.3 Å². The minimum Gasteiger partial charge on any atom is -0.460 e. The van der Waals surface area contributed by atoms with Gasteiger partial charge >= 0.3 is 5.97 Å². The molecule has 0 saturated carbocycles. The molecule has 0 saturated heterocycles. The number of hydrogen-bond donors (Lipinski definition) is 0. The van der Waals surface area contributed by atoms with Crippen LogP contribution in [0.3, 0.4) is 0 Å². The van der Waals surface area contributed by atoms with Crippen molar-refractivity contribution in [3.05, 3.63) is 75.7 Å². The van der Waals surface area contributed by atoms with Crippen LogP contribution >= 0.6 is 0 Å². The molecule has 0 aliphatic carbocycles. The van der Waals surface area contributed by atoms with Crippen molar-refractivity contribution >= 4 is 23.4 Å². The SMILES string of the molecule is CCOC(=O)c1cc2c(o1)-c1cccnc1N(C(=O)c1ccc([N+](=O)[O-])cc1)CC2. The van der Waals surface area contributed by atoms with E-state index < -0.39 is 10.9 Å². The summed E-state index contributed by atoms with van der Waals surface area (Å²) in [5.74, 6) is 0.0896. The van der Waals surface area contributed by atoms with Gasteiger partial charge in [-0.05, 0) is 43.7 Å². The van der Waals surface area contributed by atoms with Crippen molar-refractivity contribution < 1.29 is 23.7 Å². The number of non-ortho nitro benzene ring substituents is 1. The second kappa shape index (κ2) is 7.78. The third-order valence-corrected chi connectivity index (χ3v) is 4.75. The van der Waals surface area contributed by atoms with Crippen LogP contribution in [-0.4, -0.2) is 34.9 Å². The molecule has 0 atom stereocenters. The molecule has 3 aromatic rings. The Kier molecular flexibility index (Phi) is 5.01. The Morgan fingerprint density at radius 2 is 2.03 bits per heavy atom. The van der Waals surface area contributed by atoms with Crippen LogP contribution in [-0.2, 0) is 11.2 Å². The number of amides is 1. The number of anilines is 1. The Labute approximate surface area is 171 Å². The lowest BCUT2D eigenvalue weighted by Crippen LogP contribution is -2.33. The first-order chi connectivity index (χ1) is 14.5. The zero-order chi connectivity index (χ0) is 21.3. The summed E-state index contributed by atoms with van der Waals surface area (Å²) < 4.78 is 10.8. The first-order valence-corrected chi connectivity index (χ1v) is 9.31. The molecule has 3 heterocycles. The van der Waals surface area contributed by atoms with Crippen molar-refractivity contribution in [1.82, 2.24) is 4.98 Å². The number of rotatable bonds is 4. The van der Waals surface area contributed by atoms with Crippen LogP contribution in [0.15, 0.2) is 53.1 Å². The Bertz CT molecular complexity index is 1140. The Morgan fingerprint density at radius 3 is 2.73 bits per heavy atom. The topological polar surface area (TPSA) is 116 Å². The van der Waals surface area contributed by atoms with E-state index in [2.05, 4.69) is 4.98 Å². The summed E-state index contributed by atoms with van der Waals surface area (Å²) in [4.78, 5) is 41.4. The summed E-state index contributed by atoms with van der Waals surface area (Å²) in [6.07, 6.45) is 2.00. The van der Waals surface area contributed by atoms with E-state index in [0.29, 0.717) is 35.7 Å². The zero-order valence-electron chi connectivity index (χ0n) is 16.0. The molecule has 0 fully saturated rings. The van der Waals surface area contributed by atoms with E-state index in [1.54, 1.807) is 31.3 Å².